The van der Waals surface area contributed by atoms with Crippen LogP contribution in [0.1, 0.15) is 33.6 Å². The third-order valence-corrected chi connectivity index (χ3v) is 2.64. The Kier molecular flexibility index (Phi) is 8.46. The van der Waals surface area contributed by atoms with E-state index in [-0.39, 0.29) is 0 Å². The summed E-state index contributed by atoms with van der Waals surface area (Å²) in [6.45, 7) is 9.82. The van der Waals surface area contributed by atoms with E-state index in [1.807, 2.05) is 0 Å². The molecule has 1 N–H and O–H groups in total. The maximum Gasteiger partial charge on any atom is 0.0587 e. The Labute approximate surface area is 83.1 Å². The van der Waals surface area contributed by atoms with Gasteiger partial charge >= 0.3 is 0 Å². The van der Waals surface area contributed by atoms with Gasteiger partial charge in [-0.15, -0.1) is 0 Å². The molecule has 0 saturated carbocycles. The van der Waals surface area contributed by atoms with Crippen LogP contribution in [0.25, 0.3) is 0 Å². The normalized spacial score (nSPS) is 13.6. The highest BCUT2D eigenvalue weighted by Gasteiger charge is 2.09. The van der Waals surface area contributed by atoms with Gasteiger partial charge in [-0.05, 0) is 24.8 Å². The highest BCUT2D eigenvalue weighted by molar-refractivity contribution is 4.62. The summed E-state index contributed by atoms with van der Waals surface area (Å²) in [7, 11) is 1.74. The fourth-order valence-electron chi connectivity index (χ4n) is 1.60. The molecule has 0 radical (unpaired) electrons. The van der Waals surface area contributed by atoms with E-state index in [1.54, 1.807) is 7.11 Å². The van der Waals surface area contributed by atoms with Crippen LogP contribution in [0, 0.1) is 11.8 Å². The van der Waals surface area contributed by atoms with Crippen molar-refractivity contribution in [3.8, 4) is 0 Å². The van der Waals surface area contributed by atoms with Crippen LogP contribution in [-0.2, 0) is 4.74 Å². The Morgan fingerprint density at radius 1 is 1.23 bits per heavy atom. The molecule has 80 valence electrons. The molecule has 0 bridgehead atoms. The van der Waals surface area contributed by atoms with Crippen molar-refractivity contribution in [2.24, 2.45) is 11.8 Å². The number of ether oxygens (including phenoxy) is 1. The summed E-state index contributed by atoms with van der Waals surface area (Å²) in [4.78, 5) is 0. The standard InChI is InChI=1S/C11H25NO/c1-5-11(10(2)3)6-7-12-8-9-13-4/h10-12H,5-9H2,1-4H3. The molecule has 1 atom stereocenters. The molecule has 1 unspecified atom stereocenters. The Balaban J connectivity index is 3.28. The summed E-state index contributed by atoms with van der Waals surface area (Å²) >= 11 is 0. The third-order valence-electron chi connectivity index (χ3n) is 2.64. The number of nitrogens with one attached hydrogen (secondary N) is 1. The molecule has 2 nitrogen and oxygen atoms in total. The fraction of sp³-hybridized carbons (Fsp3) is 1.00. The second kappa shape index (κ2) is 8.52. The van der Waals surface area contributed by atoms with E-state index in [0.717, 1.165) is 31.5 Å². The summed E-state index contributed by atoms with van der Waals surface area (Å²) in [6, 6.07) is 0. The average Bonchev–Trinajstić information content (AvgIpc) is 2.10. The number of hydrogen-bond donors (Lipinski definition) is 1. The van der Waals surface area contributed by atoms with Gasteiger partial charge in [-0.1, -0.05) is 27.2 Å². The minimum absolute atomic E-state index is 0.814. The van der Waals surface area contributed by atoms with Gasteiger partial charge in [0.1, 0.15) is 0 Å². The zero-order valence-corrected chi connectivity index (χ0v) is 9.60. The molecule has 0 amide bonds. The van der Waals surface area contributed by atoms with Gasteiger partial charge in [-0.25, -0.2) is 0 Å². The SMILES string of the molecule is CCC(CCNCCOC)C(C)C. The first kappa shape index (κ1) is 12.9. The maximum absolute atomic E-state index is 4.96. The van der Waals surface area contributed by atoms with Crippen LogP contribution in [-0.4, -0.2) is 26.8 Å². The topological polar surface area (TPSA) is 21.3 Å². The summed E-state index contributed by atoms with van der Waals surface area (Å²) in [6.07, 6.45) is 2.58. The van der Waals surface area contributed by atoms with Gasteiger partial charge in [0.2, 0.25) is 0 Å². The lowest BCUT2D eigenvalue weighted by atomic mass is 9.90. The van der Waals surface area contributed by atoms with Crippen LogP contribution in [0.2, 0.25) is 0 Å². The number of hydrogen-bond acceptors (Lipinski definition) is 2. The van der Waals surface area contributed by atoms with Gasteiger partial charge < -0.3 is 10.1 Å². The first-order valence-corrected chi connectivity index (χ1v) is 5.42. The van der Waals surface area contributed by atoms with E-state index in [1.165, 1.54) is 12.8 Å². The summed E-state index contributed by atoms with van der Waals surface area (Å²) < 4.78 is 4.96. The molecule has 13 heavy (non-hydrogen) atoms. The van der Waals surface area contributed by atoms with E-state index in [2.05, 4.69) is 26.1 Å². The van der Waals surface area contributed by atoms with Gasteiger partial charge in [-0.2, -0.15) is 0 Å². The predicted octanol–water partition coefficient (Wildman–Crippen LogP) is 2.29. The van der Waals surface area contributed by atoms with Gasteiger partial charge in [0.25, 0.3) is 0 Å². The summed E-state index contributed by atoms with van der Waals surface area (Å²) in [5.41, 5.74) is 0. The van der Waals surface area contributed by atoms with Crippen molar-refractivity contribution in [2.75, 3.05) is 26.8 Å². The fourth-order valence-corrected chi connectivity index (χ4v) is 1.60. The minimum Gasteiger partial charge on any atom is -0.383 e. The monoisotopic (exact) mass is 187 g/mol. The van der Waals surface area contributed by atoms with Crippen molar-refractivity contribution >= 4 is 0 Å². The van der Waals surface area contributed by atoms with Gasteiger partial charge in [-0.3, -0.25) is 0 Å². The van der Waals surface area contributed by atoms with Gasteiger partial charge in [0.05, 0.1) is 6.61 Å². The highest BCUT2D eigenvalue weighted by atomic mass is 16.5. The summed E-state index contributed by atoms with van der Waals surface area (Å²) in [5.74, 6) is 1.68. The predicted molar refractivity (Wildman–Crippen MR) is 58.0 cm³/mol. The molecule has 0 rings (SSSR count). The molecule has 0 spiro atoms. The zero-order valence-electron chi connectivity index (χ0n) is 9.60. The van der Waals surface area contributed by atoms with E-state index >= 15 is 0 Å². The van der Waals surface area contributed by atoms with Crippen LogP contribution in [0.3, 0.4) is 0 Å². The second-order valence-corrected chi connectivity index (χ2v) is 3.94. The van der Waals surface area contributed by atoms with Gasteiger partial charge in [0, 0.05) is 13.7 Å². The van der Waals surface area contributed by atoms with Crippen molar-refractivity contribution in [3.63, 3.8) is 0 Å². The zero-order chi connectivity index (χ0) is 10.1. The van der Waals surface area contributed by atoms with Crippen molar-refractivity contribution in [1.29, 1.82) is 0 Å². The average molecular weight is 187 g/mol. The molecule has 2 heteroatoms. The van der Waals surface area contributed by atoms with E-state index in [0.29, 0.717) is 0 Å². The van der Waals surface area contributed by atoms with Gasteiger partial charge in [0.15, 0.2) is 0 Å². The molecule has 0 aromatic rings. The highest BCUT2D eigenvalue weighted by Crippen LogP contribution is 2.17. The first-order chi connectivity index (χ1) is 6.22. The van der Waals surface area contributed by atoms with Crippen LogP contribution in [0.5, 0.6) is 0 Å². The lowest BCUT2D eigenvalue weighted by Crippen LogP contribution is -2.23. The summed E-state index contributed by atoms with van der Waals surface area (Å²) in [5, 5.41) is 3.38. The van der Waals surface area contributed by atoms with E-state index in [9.17, 15) is 0 Å². The maximum atomic E-state index is 4.96. The van der Waals surface area contributed by atoms with Crippen molar-refractivity contribution in [1.82, 2.24) is 5.32 Å². The molecule has 0 fully saturated rings. The molecular formula is C11H25NO. The molecule has 0 saturated heterocycles. The van der Waals surface area contributed by atoms with Crippen molar-refractivity contribution < 1.29 is 4.74 Å². The molecule has 0 aliphatic carbocycles. The quantitative estimate of drug-likeness (QED) is 0.589. The smallest absolute Gasteiger partial charge is 0.0587 e. The lowest BCUT2D eigenvalue weighted by Gasteiger charge is -2.18. The molecule has 0 aromatic heterocycles. The van der Waals surface area contributed by atoms with Crippen molar-refractivity contribution in [3.05, 3.63) is 0 Å². The Hall–Kier alpha value is -0.0800. The Morgan fingerprint density at radius 3 is 2.38 bits per heavy atom. The van der Waals surface area contributed by atoms with Crippen LogP contribution >= 0.6 is 0 Å². The Morgan fingerprint density at radius 2 is 1.92 bits per heavy atom. The minimum atomic E-state index is 0.814. The lowest BCUT2D eigenvalue weighted by molar-refractivity contribution is 0.198. The van der Waals surface area contributed by atoms with E-state index in [4.69, 9.17) is 4.74 Å². The largest absolute Gasteiger partial charge is 0.383 e. The number of methoxy groups -OCH3 is 1. The van der Waals surface area contributed by atoms with Crippen LogP contribution in [0.4, 0.5) is 0 Å². The van der Waals surface area contributed by atoms with Crippen molar-refractivity contribution in [2.45, 2.75) is 33.6 Å². The Bertz CT molecular complexity index is 104. The van der Waals surface area contributed by atoms with Crippen LogP contribution < -0.4 is 5.32 Å². The molecule has 0 aromatic carbocycles. The molecule has 0 heterocycles. The molecule has 0 aliphatic heterocycles. The van der Waals surface area contributed by atoms with E-state index < -0.39 is 0 Å². The third kappa shape index (κ3) is 7.03. The van der Waals surface area contributed by atoms with Crippen LogP contribution in [0.15, 0.2) is 0 Å². The molecule has 0 aliphatic rings. The number of rotatable bonds is 8. The molecular weight excluding hydrogens is 162 g/mol. The second-order valence-electron chi connectivity index (χ2n) is 3.94. The first-order valence-electron chi connectivity index (χ1n) is 5.42.